The molecular formula is C11H14ClNO3. The molecule has 0 bridgehead atoms. The van der Waals surface area contributed by atoms with Crippen molar-refractivity contribution < 1.29 is 14.2 Å². The standard InChI is InChI=1S/C11H14ClNO3/c1-14-8-6-9(13-10(12)7-8)11(15-2)4-3-5-16-11/h6-7H,3-5H2,1-2H3/t11-/m0/s1. The van der Waals surface area contributed by atoms with Crippen LogP contribution in [0.3, 0.4) is 0 Å². The molecule has 5 heteroatoms. The number of methoxy groups -OCH3 is 2. The molecule has 1 saturated heterocycles. The zero-order chi connectivity index (χ0) is 11.6. The Kier molecular flexibility index (Phi) is 3.33. The van der Waals surface area contributed by atoms with E-state index in [4.69, 9.17) is 25.8 Å². The van der Waals surface area contributed by atoms with Crippen molar-refractivity contribution in [2.45, 2.75) is 18.6 Å². The average Bonchev–Trinajstić information content (AvgIpc) is 2.78. The topological polar surface area (TPSA) is 40.6 Å². The van der Waals surface area contributed by atoms with Gasteiger partial charge in [0.05, 0.1) is 13.7 Å². The van der Waals surface area contributed by atoms with Crippen LogP contribution in [0.1, 0.15) is 18.5 Å². The number of halogens is 1. The van der Waals surface area contributed by atoms with Crippen molar-refractivity contribution in [3.8, 4) is 5.75 Å². The molecule has 1 aliphatic rings. The van der Waals surface area contributed by atoms with E-state index in [9.17, 15) is 0 Å². The summed E-state index contributed by atoms with van der Waals surface area (Å²) in [6.45, 7) is 0.671. The van der Waals surface area contributed by atoms with Crippen molar-refractivity contribution >= 4 is 11.6 Å². The molecule has 0 radical (unpaired) electrons. The van der Waals surface area contributed by atoms with Gasteiger partial charge in [-0.1, -0.05) is 11.6 Å². The van der Waals surface area contributed by atoms with Crippen LogP contribution >= 0.6 is 11.6 Å². The summed E-state index contributed by atoms with van der Waals surface area (Å²) in [5.74, 6) is -0.111. The van der Waals surface area contributed by atoms with Crippen LogP contribution in [0.5, 0.6) is 5.75 Å². The summed E-state index contributed by atoms with van der Waals surface area (Å²) in [4.78, 5) is 4.24. The number of pyridine rings is 1. The molecule has 0 spiro atoms. The maximum Gasteiger partial charge on any atom is 0.212 e. The van der Waals surface area contributed by atoms with Gasteiger partial charge in [0, 0.05) is 25.7 Å². The second-order valence-corrected chi connectivity index (χ2v) is 4.01. The average molecular weight is 244 g/mol. The number of hydrogen-bond donors (Lipinski definition) is 0. The van der Waals surface area contributed by atoms with Gasteiger partial charge in [-0.15, -0.1) is 0 Å². The fourth-order valence-electron chi connectivity index (χ4n) is 1.87. The van der Waals surface area contributed by atoms with Gasteiger partial charge in [0.2, 0.25) is 5.79 Å². The maximum absolute atomic E-state index is 5.92. The van der Waals surface area contributed by atoms with Gasteiger partial charge >= 0.3 is 0 Å². The van der Waals surface area contributed by atoms with Crippen molar-refractivity contribution in [2.75, 3.05) is 20.8 Å². The predicted molar refractivity (Wildman–Crippen MR) is 59.7 cm³/mol. The molecule has 0 aromatic carbocycles. The lowest BCUT2D eigenvalue weighted by Crippen LogP contribution is -2.28. The van der Waals surface area contributed by atoms with E-state index in [0.717, 1.165) is 12.8 Å². The van der Waals surface area contributed by atoms with Gasteiger partial charge in [-0.25, -0.2) is 4.98 Å². The number of nitrogens with zero attached hydrogens (tertiary/aromatic N) is 1. The first-order chi connectivity index (χ1) is 7.70. The van der Waals surface area contributed by atoms with Crippen molar-refractivity contribution in [2.24, 2.45) is 0 Å². The van der Waals surface area contributed by atoms with E-state index in [1.165, 1.54) is 0 Å². The third-order valence-corrected chi connectivity index (χ3v) is 2.90. The zero-order valence-electron chi connectivity index (χ0n) is 9.33. The molecule has 1 aliphatic heterocycles. The molecule has 1 fully saturated rings. The van der Waals surface area contributed by atoms with Gasteiger partial charge in [-0.3, -0.25) is 0 Å². The van der Waals surface area contributed by atoms with Crippen LogP contribution in [-0.2, 0) is 15.3 Å². The number of ether oxygens (including phenoxy) is 3. The monoisotopic (exact) mass is 243 g/mol. The first-order valence-electron chi connectivity index (χ1n) is 5.11. The minimum atomic E-state index is -0.766. The Bertz CT molecular complexity index is 377. The van der Waals surface area contributed by atoms with Crippen LogP contribution < -0.4 is 4.74 Å². The highest BCUT2D eigenvalue weighted by atomic mass is 35.5. The summed E-state index contributed by atoms with van der Waals surface area (Å²) in [7, 11) is 3.20. The van der Waals surface area contributed by atoms with Crippen LogP contribution in [0.15, 0.2) is 12.1 Å². The molecule has 1 atom stereocenters. The van der Waals surface area contributed by atoms with Crippen molar-refractivity contribution in [3.63, 3.8) is 0 Å². The highest BCUT2D eigenvalue weighted by molar-refractivity contribution is 6.29. The first-order valence-corrected chi connectivity index (χ1v) is 5.49. The summed E-state index contributed by atoms with van der Waals surface area (Å²) in [5.41, 5.74) is 0.664. The highest BCUT2D eigenvalue weighted by Crippen LogP contribution is 2.37. The Hall–Kier alpha value is -0.840. The van der Waals surface area contributed by atoms with Crippen LogP contribution in [0.2, 0.25) is 5.15 Å². The summed E-state index contributed by atoms with van der Waals surface area (Å²) in [5, 5.41) is 0.376. The lowest BCUT2D eigenvalue weighted by atomic mass is 10.1. The van der Waals surface area contributed by atoms with E-state index in [1.54, 1.807) is 26.4 Å². The minimum absolute atomic E-state index is 0.376. The molecule has 0 unspecified atom stereocenters. The van der Waals surface area contributed by atoms with E-state index >= 15 is 0 Å². The molecule has 0 amide bonds. The number of rotatable bonds is 3. The molecule has 4 nitrogen and oxygen atoms in total. The van der Waals surface area contributed by atoms with Gasteiger partial charge in [0.25, 0.3) is 0 Å². The van der Waals surface area contributed by atoms with Gasteiger partial charge in [-0.2, -0.15) is 0 Å². The molecule has 0 N–H and O–H groups in total. The fraction of sp³-hybridized carbons (Fsp3) is 0.545. The molecule has 1 aromatic rings. The van der Waals surface area contributed by atoms with Crippen LogP contribution in [0.25, 0.3) is 0 Å². The Morgan fingerprint density at radius 2 is 2.25 bits per heavy atom. The molecule has 88 valence electrons. The van der Waals surface area contributed by atoms with Crippen molar-refractivity contribution in [3.05, 3.63) is 23.0 Å². The fourth-order valence-corrected chi connectivity index (χ4v) is 2.07. The molecular weight excluding hydrogens is 230 g/mol. The van der Waals surface area contributed by atoms with Crippen LogP contribution in [0, 0.1) is 0 Å². The van der Waals surface area contributed by atoms with Crippen LogP contribution in [-0.4, -0.2) is 25.8 Å². The smallest absolute Gasteiger partial charge is 0.212 e. The summed E-state index contributed by atoms with van der Waals surface area (Å²) >= 11 is 5.92. The quantitative estimate of drug-likeness (QED) is 0.765. The molecule has 2 heterocycles. The predicted octanol–water partition coefficient (Wildman–Crippen LogP) is 2.35. The normalized spacial score (nSPS) is 24.7. The number of hydrogen-bond acceptors (Lipinski definition) is 4. The first kappa shape index (κ1) is 11.6. The van der Waals surface area contributed by atoms with E-state index in [2.05, 4.69) is 4.98 Å². The second kappa shape index (κ2) is 4.57. The largest absolute Gasteiger partial charge is 0.497 e. The molecule has 0 saturated carbocycles. The SMILES string of the molecule is COc1cc(Cl)nc([C@]2(OC)CCCO2)c1. The van der Waals surface area contributed by atoms with E-state index in [1.807, 2.05) is 0 Å². The zero-order valence-corrected chi connectivity index (χ0v) is 10.1. The molecule has 1 aromatic heterocycles. The third-order valence-electron chi connectivity index (χ3n) is 2.71. The Balaban J connectivity index is 2.41. The van der Waals surface area contributed by atoms with Gasteiger partial charge < -0.3 is 14.2 Å². The Morgan fingerprint density at radius 1 is 1.44 bits per heavy atom. The highest BCUT2D eigenvalue weighted by Gasteiger charge is 2.39. The van der Waals surface area contributed by atoms with Gasteiger partial charge in [0.15, 0.2) is 0 Å². The Morgan fingerprint density at radius 3 is 2.81 bits per heavy atom. The molecule has 16 heavy (non-hydrogen) atoms. The van der Waals surface area contributed by atoms with E-state index in [0.29, 0.717) is 23.2 Å². The van der Waals surface area contributed by atoms with Crippen molar-refractivity contribution in [1.82, 2.24) is 4.98 Å². The maximum atomic E-state index is 5.92. The minimum Gasteiger partial charge on any atom is -0.497 e. The van der Waals surface area contributed by atoms with E-state index in [-0.39, 0.29) is 0 Å². The van der Waals surface area contributed by atoms with Gasteiger partial charge in [0.1, 0.15) is 16.6 Å². The summed E-state index contributed by atoms with van der Waals surface area (Å²) in [6, 6.07) is 3.45. The molecule has 2 rings (SSSR count). The van der Waals surface area contributed by atoms with E-state index < -0.39 is 5.79 Å². The molecule has 0 aliphatic carbocycles. The Labute approximate surface area is 99.5 Å². The van der Waals surface area contributed by atoms with Crippen molar-refractivity contribution in [1.29, 1.82) is 0 Å². The summed E-state index contributed by atoms with van der Waals surface area (Å²) in [6.07, 6.45) is 1.73. The lowest BCUT2D eigenvalue weighted by molar-refractivity contribution is -0.204. The summed E-state index contributed by atoms with van der Waals surface area (Å²) < 4.78 is 16.2. The second-order valence-electron chi connectivity index (χ2n) is 3.62. The lowest BCUT2D eigenvalue weighted by Gasteiger charge is -2.26. The van der Waals surface area contributed by atoms with Crippen LogP contribution in [0.4, 0.5) is 0 Å². The third kappa shape index (κ3) is 2.00. The van der Waals surface area contributed by atoms with Gasteiger partial charge in [-0.05, 0) is 6.42 Å². The number of aromatic nitrogens is 1.